The number of nitrogens with zero attached hydrogens (tertiary/aromatic N) is 3. The maximum Gasteiger partial charge on any atom is 0.337 e. The molecule has 4 atom stereocenters. The molecule has 33 heavy (non-hydrogen) atoms. The summed E-state index contributed by atoms with van der Waals surface area (Å²) in [5.41, 5.74) is 1.48. The normalized spacial score (nSPS) is 24.1. The molecular formula is C23H29N3O7. The molecule has 1 aromatic heterocycles. The number of aromatic nitrogens is 2. The van der Waals surface area contributed by atoms with Crippen LogP contribution >= 0.6 is 0 Å². The van der Waals surface area contributed by atoms with Gasteiger partial charge in [0.2, 0.25) is 0 Å². The van der Waals surface area contributed by atoms with Crippen molar-refractivity contribution < 1.29 is 34.0 Å². The molecule has 0 radical (unpaired) electrons. The third-order valence-electron chi connectivity index (χ3n) is 5.97. The first-order chi connectivity index (χ1) is 16.0. The van der Waals surface area contributed by atoms with Gasteiger partial charge in [-0.15, -0.1) is 0 Å². The number of carbonyl (C=O) groups is 2. The molecule has 1 saturated carbocycles. The molecule has 0 unspecified atom stereocenters. The topological polar surface area (TPSA) is 131 Å². The van der Waals surface area contributed by atoms with E-state index < -0.39 is 12.1 Å². The highest BCUT2D eigenvalue weighted by molar-refractivity contribution is 5.89. The van der Waals surface area contributed by atoms with Crippen LogP contribution in [0, 0.1) is 11.8 Å². The second-order valence-corrected chi connectivity index (χ2v) is 8.11. The van der Waals surface area contributed by atoms with Crippen molar-refractivity contribution in [1.82, 2.24) is 14.9 Å². The molecule has 2 fully saturated rings. The van der Waals surface area contributed by atoms with Gasteiger partial charge in [-0.05, 0) is 42.9 Å². The van der Waals surface area contributed by atoms with Crippen molar-refractivity contribution >= 4 is 12.4 Å². The summed E-state index contributed by atoms with van der Waals surface area (Å²) in [7, 11) is 2.90. The summed E-state index contributed by atoms with van der Waals surface area (Å²) < 4.78 is 15.9. The lowest BCUT2D eigenvalue weighted by atomic mass is 9.78. The van der Waals surface area contributed by atoms with Gasteiger partial charge < -0.3 is 24.4 Å². The van der Waals surface area contributed by atoms with E-state index in [1.54, 1.807) is 43.8 Å². The lowest BCUT2D eigenvalue weighted by Gasteiger charge is -2.35. The van der Waals surface area contributed by atoms with Gasteiger partial charge in [-0.3, -0.25) is 9.69 Å². The average Bonchev–Trinajstić information content (AvgIpc) is 3.20. The highest BCUT2D eigenvalue weighted by Gasteiger charge is 2.42. The number of hydrogen-bond acceptors (Lipinski definition) is 9. The van der Waals surface area contributed by atoms with Crippen LogP contribution in [0.2, 0.25) is 0 Å². The van der Waals surface area contributed by atoms with Crippen molar-refractivity contribution in [3.63, 3.8) is 0 Å². The number of esters is 1. The zero-order valence-electron chi connectivity index (χ0n) is 18.7. The number of carbonyl (C=O) groups excluding carboxylic acids is 1. The highest BCUT2D eigenvalue weighted by atomic mass is 16.5. The number of likely N-dealkylation sites (tertiary alicyclic amines) is 1. The van der Waals surface area contributed by atoms with E-state index in [1.807, 2.05) is 0 Å². The van der Waals surface area contributed by atoms with Crippen LogP contribution < -0.4 is 9.47 Å². The van der Waals surface area contributed by atoms with E-state index in [1.165, 1.54) is 7.11 Å². The monoisotopic (exact) mass is 459 g/mol. The Morgan fingerprint density at radius 2 is 1.85 bits per heavy atom. The molecule has 0 spiro atoms. The summed E-state index contributed by atoms with van der Waals surface area (Å²) >= 11 is 0. The fraction of sp³-hybridized carbons (Fsp3) is 0.478. The molecular weight excluding hydrogens is 430 g/mol. The van der Waals surface area contributed by atoms with Gasteiger partial charge in [0.05, 0.1) is 25.9 Å². The van der Waals surface area contributed by atoms with Crippen molar-refractivity contribution in [2.75, 3.05) is 27.3 Å². The number of hydrogen-bond donors (Lipinski definition) is 2. The number of ether oxygens (including phenoxy) is 3. The Morgan fingerprint density at radius 1 is 1.18 bits per heavy atom. The van der Waals surface area contributed by atoms with Crippen molar-refractivity contribution in [3.8, 4) is 11.8 Å². The van der Waals surface area contributed by atoms with Gasteiger partial charge in [-0.25, -0.2) is 14.8 Å². The lowest BCUT2D eigenvalue weighted by molar-refractivity contribution is -0.122. The van der Waals surface area contributed by atoms with Crippen LogP contribution in [0.1, 0.15) is 28.8 Å². The highest BCUT2D eigenvalue weighted by Crippen LogP contribution is 2.38. The molecule has 2 aromatic rings. The van der Waals surface area contributed by atoms with Gasteiger partial charge in [-0.1, -0.05) is 6.07 Å². The Morgan fingerprint density at radius 3 is 2.48 bits per heavy atom. The van der Waals surface area contributed by atoms with Gasteiger partial charge in [0.15, 0.2) is 0 Å². The van der Waals surface area contributed by atoms with Gasteiger partial charge in [0, 0.05) is 37.6 Å². The number of methoxy groups -OCH3 is 2. The first kappa shape index (κ1) is 24.4. The molecule has 1 saturated heterocycles. The van der Waals surface area contributed by atoms with Gasteiger partial charge in [0.25, 0.3) is 6.47 Å². The predicted octanol–water partition coefficient (Wildman–Crippen LogP) is 1.62. The van der Waals surface area contributed by atoms with Gasteiger partial charge >= 0.3 is 12.0 Å². The lowest BCUT2D eigenvalue weighted by Crippen LogP contribution is -2.42. The Kier molecular flexibility index (Phi) is 8.56. The largest absolute Gasteiger partial charge is 0.488 e. The summed E-state index contributed by atoms with van der Waals surface area (Å²) in [6.45, 7) is 2.42. The quantitative estimate of drug-likeness (QED) is 0.485. The van der Waals surface area contributed by atoms with E-state index in [0.717, 1.165) is 31.6 Å². The minimum atomic E-state index is -0.530. The van der Waals surface area contributed by atoms with Crippen LogP contribution in [0.5, 0.6) is 11.8 Å². The summed E-state index contributed by atoms with van der Waals surface area (Å²) in [6.07, 6.45) is 4.26. The maximum atomic E-state index is 11.7. The molecule has 0 amide bonds. The van der Waals surface area contributed by atoms with Gasteiger partial charge in [-0.2, -0.15) is 0 Å². The molecule has 2 heterocycles. The van der Waals surface area contributed by atoms with Crippen LogP contribution in [0.3, 0.4) is 0 Å². The van der Waals surface area contributed by atoms with E-state index in [4.69, 9.17) is 24.1 Å². The van der Waals surface area contributed by atoms with Gasteiger partial charge in [0.1, 0.15) is 11.9 Å². The second kappa shape index (κ2) is 11.6. The Balaban J connectivity index is 0.000000968. The molecule has 1 aliphatic carbocycles. The number of carboxylic acid groups (broad SMARTS) is 1. The zero-order chi connectivity index (χ0) is 23.8. The number of aliphatic hydroxyl groups is 1. The Labute approximate surface area is 192 Å². The minimum Gasteiger partial charge on any atom is -0.488 e. The first-order valence-corrected chi connectivity index (χ1v) is 10.7. The molecule has 178 valence electrons. The summed E-state index contributed by atoms with van der Waals surface area (Å²) in [6, 6.07) is 7.27. The standard InChI is InChI=1S/C22H27N3O5.CH2O2/c1-28-21(27)15-4-3-5-18(6-15)30-20-8-17-13-25(12-16(17)7-19(20)26)11-14-9-23-22(29-2)24-10-14;2-1-3/h3-6,9-10,16-17,19-20,26H,7-8,11-13H2,1-2H3;1H,(H,2,3)/t16-,17+,19+,20+;/m0./s1. The number of aliphatic hydroxyl groups excluding tert-OH is 1. The average molecular weight is 459 g/mol. The molecule has 2 aliphatic rings. The number of rotatable bonds is 6. The maximum absolute atomic E-state index is 11.7. The van der Waals surface area contributed by atoms with E-state index in [-0.39, 0.29) is 12.6 Å². The minimum absolute atomic E-state index is 0.250. The SMILES string of the molecule is COC(=O)c1cccc(O[C@@H]2C[C@@H]3CN(Cc4cnc(OC)nc4)C[C@@H]3C[C@H]2O)c1.O=CO. The molecule has 10 heteroatoms. The van der Waals surface area contributed by atoms with Crippen molar-refractivity contribution in [3.05, 3.63) is 47.8 Å². The second-order valence-electron chi connectivity index (χ2n) is 8.11. The number of benzene rings is 1. The van der Waals surface area contributed by atoms with Crippen molar-refractivity contribution in [2.45, 2.75) is 31.6 Å². The van der Waals surface area contributed by atoms with Crippen molar-refractivity contribution in [1.29, 1.82) is 0 Å². The summed E-state index contributed by atoms with van der Waals surface area (Å²) in [5.74, 6) is 1.08. The third kappa shape index (κ3) is 6.39. The van der Waals surface area contributed by atoms with Crippen LogP contribution in [0.25, 0.3) is 0 Å². The van der Waals surface area contributed by atoms with Crippen LogP contribution in [0.4, 0.5) is 0 Å². The van der Waals surface area contributed by atoms with E-state index in [9.17, 15) is 9.90 Å². The fourth-order valence-electron chi connectivity index (χ4n) is 4.52. The number of fused-ring (bicyclic) bond motifs is 1. The molecule has 1 aromatic carbocycles. The fourth-order valence-corrected chi connectivity index (χ4v) is 4.52. The van der Waals surface area contributed by atoms with E-state index in [0.29, 0.717) is 35.6 Å². The molecule has 0 bridgehead atoms. The molecule has 2 N–H and O–H groups in total. The summed E-state index contributed by atoms with van der Waals surface area (Å²) in [4.78, 5) is 30.8. The molecule has 10 nitrogen and oxygen atoms in total. The van der Waals surface area contributed by atoms with E-state index in [2.05, 4.69) is 14.9 Å². The molecule has 4 rings (SSSR count). The predicted molar refractivity (Wildman–Crippen MR) is 117 cm³/mol. The first-order valence-electron chi connectivity index (χ1n) is 10.7. The Hall–Kier alpha value is -3.24. The summed E-state index contributed by atoms with van der Waals surface area (Å²) in [5, 5.41) is 17.6. The van der Waals surface area contributed by atoms with Crippen LogP contribution in [0.15, 0.2) is 36.7 Å². The Bertz CT molecular complexity index is 925. The smallest absolute Gasteiger partial charge is 0.337 e. The van der Waals surface area contributed by atoms with E-state index >= 15 is 0 Å². The van der Waals surface area contributed by atoms with Crippen LogP contribution in [-0.2, 0) is 16.1 Å². The molecule has 1 aliphatic heterocycles. The van der Waals surface area contributed by atoms with Crippen LogP contribution in [-0.4, -0.2) is 77.0 Å². The zero-order valence-corrected chi connectivity index (χ0v) is 18.7. The van der Waals surface area contributed by atoms with Crippen molar-refractivity contribution in [2.24, 2.45) is 11.8 Å². The third-order valence-corrected chi connectivity index (χ3v) is 5.97.